The summed E-state index contributed by atoms with van der Waals surface area (Å²) in [7, 11) is -8.01. The standard InChI is InChI=1S/C27H44N2O4SSi2/c1-20-13-15-25(16-14-20)34(30,31)29-28-21(2)22-17-23(32-35(9,10)26(3,4)5)19-24(18-22)33-36(11,12)27(6,7)8/h13-19,29H,1-12H3/b28-21+. The van der Waals surface area contributed by atoms with Crippen LogP contribution in [0, 0.1) is 6.92 Å². The van der Waals surface area contributed by atoms with Gasteiger partial charge in [0.05, 0.1) is 10.6 Å². The van der Waals surface area contributed by atoms with Crippen LogP contribution in [0.25, 0.3) is 0 Å². The highest BCUT2D eigenvalue weighted by Gasteiger charge is 2.40. The molecule has 9 heteroatoms. The van der Waals surface area contributed by atoms with E-state index in [1.807, 2.05) is 25.1 Å². The van der Waals surface area contributed by atoms with Crippen LogP contribution in [0.2, 0.25) is 36.3 Å². The van der Waals surface area contributed by atoms with Crippen molar-refractivity contribution < 1.29 is 17.3 Å². The molecule has 36 heavy (non-hydrogen) atoms. The third kappa shape index (κ3) is 7.46. The lowest BCUT2D eigenvalue weighted by Crippen LogP contribution is -2.44. The Labute approximate surface area is 220 Å². The van der Waals surface area contributed by atoms with Crippen molar-refractivity contribution in [2.45, 2.75) is 96.5 Å². The van der Waals surface area contributed by atoms with Crippen LogP contribution < -0.4 is 13.7 Å². The van der Waals surface area contributed by atoms with E-state index in [-0.39, 0.29) is 15.0 Å². The average Bonchev–Trinajstić information content (AvgIpc) is 2.70. The van der Waals surface area contributed by atoms with Gasteiger partial charge in [0.2, 0.25) is 16.6 Å². The maximum absolute atomic E-state index is 12.8. The van der Waals surface area contributed by atoms with Gasteiger partial charge in [0.1, 0.15) is 11.5 Å². The summed E-state index contributed by atoms with van der Waals surface area (Å²) in [4.78, 5) is 2.54. The Hall–Kier alpha value is -2.11. The summed E-state index contributed by atoms with van der Waals surface area (Å²) in [6.45, 7) is 25.7. The van der Waals surface area contributed by atoms with Crippen LogP contribution >= 0.6 is 0 Å². The highest BCUT2D eigenvalue weighted by atomic mass is 32.2. The van der Waals surface area contributed by atoms with E-state index in [1.54, 1.807) is 31.2 Å². The molecule has 2 rings (SSSR count). The number of hydrogen-bond donors (Lipinski definition) is 1. The molecule has 0 aliphatic carbocycles. The minimum atomic E-state index is -3.78. The zero-order chi connectivity index (χ0) is 27.7. The molecule has 200 valence electrons. The zero-order valence-corrected chi connectivity index (χ0v) is 26.8. The summed E-state index contributed by atoms with van der Waals surface area (Å²) in [5, 5.41) is 4.28. The molecular weight excluding hydrogens is 505 g/mol. The highest BCUT2D eigenvalue weighted by Crippen LogP contribution is 2.41. The predicted octanol–water partition coefficient (Wildman–Crippen LogP) is 7.47. The molecule has 2 aromatic rings. The summed E-state index contributed by atoms with van der Waals surface area (Å²) in [5.41, 5.74) is 2.25. The number of rotatable bonds is 8. The molecule has 0 heterocycles. The Morgan fingerprint density at radius 3 is 1.61 bits per heavy atom. The van der Waals surface area contributed by atoms with E-state index in [0.717, 1.165) is 11.1 Å². The molecule has 2 aromatic carbocycles. The molecule has 0 saturated heterocycles. The van der Waals surface area contributed by atoms with Gasteiger partial charge in [-0.3, -0.25) is 0 Å². The summed E-state index contributed by atoms with van der Waals surface area (Å²) >= 11 is 0. The lowest BCUT2D eigenvalue weighted by molar-refractivity contribution is 0.474. The second-order valence-electron chi connectivity index (χ2n) is 12.5. The first-order chi connectivity index (χ1) is 16.1. The van der Waals surface area contributed by atoms with Crippen LogP contribution in [0.4, 0.5) is 0 Å². The molecule has 0 aromatic heterocycles. The molecule has 0 amide bonds. The van der Waals surface area contributed by atoms with Crippen molar-refractivity contribution in [2.24, 2.45) is 5.10 Å². The van der Waals surface area contributed by atoms with Crippen LogP contribution in [0.5, 0.6) is 11.5 Å². The van der Waals surface area contributed by atoms with Crippen LogP contribution in [-0.4, -0.2) is 30.8 Å². The number of hydrazone groups is 1. The summed E-state index contributed by atoms with van der Waals surface area (Å²) in [6.07, 6.45) is 0. The van der Waals surface area contributed by atoms with Gasteiger partial charge in [0.15, 0.2) is 0 Å². The largest absolute Gasteiger partial charge is 0.543 e. The molecular formula is C27H44N2O4SSi2. The minimum absolute atomic E-state index is 0.0241. The Morgan fingerprint density at radius 1 is 0.806 bits per heavy atom. The maximum Gasteiger partial charge on any atom is 0.276 e. The van der Waals surface area contributed by atoms with Crippen LogP contribution in [0.1, 0.15) is 59.6 Å². The van der Waals surface area contributed by atoms with Gasteiger partial charge in [0, 0.05) is 11.6 Å². The van der Waals surface area contributed by atoms with Crippen LogP contribution in [0.3, 0.4) is 0 Å². The molecule has 0 aliphatic rings. The van der Waals surface area contributed by atoms with Crippen LogP contribution in [-0.2, 0) is 10.0 Å². The average molecular weight is 549 g/mol. The Morgan fingerprint density at radius 2 is 1.22 bits per heavy atom. The zero-order valence-electron chi connectivity index (χ0n) is 24.0. The van der Waals surface area contributed by atoms with E-state index in [2.05, 4.69) is 77.7 Å². The number of nitrogens with zero attached hydrogens (tertiary/aromatic N) is 1. The fraction of sp³-hybridized carbons (Fsp3) is 0.519. The number of benzene rings is 2. The number of nitrogens with one attached hydrogen (secondary N) is 1. The fourth-order valence-corrected chi connectivity index (χ4v) is 5.64. The molecule has 0 fully saturated rings. The van der Waals surface area contributed by atoms with Crippen molar-refractivity contribution in [3.63, 3.8) is 0 Å². The van der Waals surface area contributed by atoms with E-state index in [4.69, 9.17) is 8.85 Å². The van der Waals surface area contributed by atoms with Crippen molar-refractivity contribution in [3.8, 4) is 11.5 Å². The quantitative estimate of drug-likeness (QED) is 0.211. The van der Waals surface area contributed by atoms with Crippen LogP contribution in [0.15, 0.2) is 52.5 Å². The van der Waals surface area contributed by atoms with E-state index in [1.165, 1.54) is 0 Å². The van der Waals surface area contributed by atoms with E-state index in [9.17, 15) is 8.42 Å². The Balaban J connectivity index is 2.49. The second kappa shape index (κ2) is 10.3. The van der Waals surface area contributed by atoms with Crippen molar-refractivity contribution in [1.29, 1.82) is 0 Å². The summed E-state index contributed by atoms with van der Waals surface area (Å²) < 4.78 is 38.7. The number of aryl methyl sites for hydroxylation is 1. The van der Waals surface area contributed by atoms with Gasteiger partial charge in [-0.15, -0.1) is 0 Å². The van der Waals surface area contributed by atoms with Gasteiger partial charge in [-0.25, -0.2) is 0 Å². The smallest absolute Gasteiger partial charge is 0.276 e. The maximum atomic E-state index is 12.8. The van der Waals surface area contributed by atoms with Gasteiger partial charge in [0.25, 0.3) is 10.0 Å². The van der Waals surface area contributed by atoms with Crippen molar-refractivity contribution in [1.82, 2.24) is 4.83 Å². The van der Waals surface area contributed by atoms with Gasteiger partial charge >= 0.3 is 0 Å². The first kappa shape index (κ1) is 30.1. The lowest BCUT2D eigenvalue weighted by atomic mass is 10.1. The van der Waals surface area contributed by atoms with Gasteiger partial charge in [-0.05, 0) is 74.4 Å². The third-order valence-corrected chi connectivity index (χ3v) is 17.3. The lowest BCUT2D eigenvalue weighted by Gasteiger charge is -2.38. The number of hydrogen-bond acceptors (Lipinski definition) is 5. The molecule has 1 N–H and O–H groups in total. The Kier molecular flexibility index (Phi) is 8.65. The van der Waals surface area contributed by atoms with Gasteiger partial charge in [-0.2, -0.15) is 18.4 Å². The second-order valence-corrected chi connectivity index (χ2v) is 23.6. The molecule has 0 spiro atoms. The first-order valence-corrected chi connectivity index (χ1v) is 19.6. The number of sulfonamides is 1. The molecule has 6 nitrogen and oxygen atoms in total. The Bertz CT molecular complexity index is 1160. The normalized spacial score (nSPS) is 13.9. The molecule has 0 atom stereocenters. The first-order valence-electron chi connectivity index (χ1n) is 12.3. The molecule has 0 bridgehead atoms. The van der Waals surface area contributed by atoms with Gasteiger partial charge in [-0.1, -0.05) is 59.2 Å². The van der Waals surface area contributed by atoms with E-state index >= 15 is 0 Å². The molecule has 0 unspecified atom stereocenters. The van der Waals surface area contributed by atoms with Crippen molar-refractivity contribution in [2.75, 3.05) is 0 Å². The fourth-order valence-electron chi connectivity index (χ4n) is 2.76. The van der Waals surface area contributed by atoms with Gasteiger partial charge < -0.3 is 8.85 Å². The topological polar surface area (TPSA) is 77.0 Å². The molecule has 0 saturated carbocycles. The SMILES string of the molecule is C/C(=N\NS(=O)(=O)c1ccc(C)cc1)c1cc(O[Si](C)(C)C(C)(C)C)cc(O[Si](C)(C)C(C)(C)C)c1. The molecule has 0 aliphatic heterocycles. The van der Waals surface area contributed by atoms with E-state index < -0.39 is 26.7 Å². The third-order valence-electron chi connectivity index (χ3n) is 7.32. The monoisotopic (exact) mass is 548 g/mol. The minimum Gasteiger partial charge on any atom is -0.543 e. The summed E-state index contributed by atoms with van der Waals surface area (Å²) in [5.74, 6) is 1.42. The highest BCUT2D eigenvalue weighted by molar-refractivity contribution is 7.89. The van der Waals surface area contributed by atoms with Crippen molar-refractivity contribution >= 4 is 32.4 Å². The van der Waals surface area contributed by atoms with E-state index in [0.29, 0.717) is 17.2 Å². The molecule has 0 radical (unpaired) electrons. The summed E-state index contributed by atoms with van der Waals surface area (Å²) in [6, 6.07) is 12.4. The van der Waals surface area contributed by atoms with Crippen molar-refractivity contribution in [3.05, 3.63) is 53.6 Å². The predicted molar refractivity (Wildman–Crippen MR) is 156 cm³/mol.